The maximum Gasteiger partial charge on any atom is 0.340 e. The van der Waals surface area contributed by atoms with Crippen LogP contribution in [0.25, 0.3) is 10.9 Å². The second-order valence-corrected chi connectivity index (χ2v) is 5.47. The number of carbonyl (C=O) groups is 2. The summed E-state index contributed by atoms with van der Waals surface area (Å²) < 4.78 is 24.5. The number of halogens is 1. The van der Waals surface area contributed by atoms with E-state index in [2.05, 4.69) is 0 Å². The van der Waals surface area contributed by atoms with Crippen molar-refractivity contribution in [2.24, 2.45) is 0 Å². The first kappa shape index (κ1) is 16.7. The highest BCUT2D eigenvalue weighted by molar-refractivity contribution is 6.04. The topological polar surface area (TPSA) is 57.5 Å². The molecule has 3 aromatic rings. The summed E-state index contributed by atoms with van der Waals surface area (Å²) >= 11 is 0. The van der Waals surface area contributed by atoms with E-state index in [1.807, 2.05) is 18.2 Å². The lowest BCUT2D eigenvalue weighted by Crippen LogP contribution is -2.13. The van der Waals surface area contributed by atoms with Crippen LogP contribution in [0.1, 0.15) is 15.9 Å². The quantitative estimate of drug-likeness (QED) is 0.668. The Balaban J connectivity index is 1.74. The third kappa shape index (κ3) is 3.68. The van der Waals surface area contributed by atoms with Crippen LogP contribution in [0.3, 0.4) is 0 Å². The molecule has 0 aliphatic rings. The van der Waals surface area contributed by atoms with Crippen LogP contribution < -0.4 is 0 Å². The summed E-state index contributed by atoms with van der Waals surface area (Å²) in [4.78, 5) is 24.0. The molecule has 5 nitrogen and oxygen atoms in total. The van der Waals surface area contributed by atoms with Crippen LogP contribution in [0.5, 0.6) is 0 Å². The molecule has 0 aliphatic carbocycles. The lowest BCUT2D eigenvalue weighted by atomic mass is 10.2. The Kier molecular flexibility index (Phi) is 4.79. The molecular formula is C19H16FNO4. The van der Waals surface area contributed by atoms with Crippen molar-refractivity contribution in [3.8, 4) is 0 Å². The SMILES string of the molecule is COC(=O)c1cn(CC(=O)OCc2ccc(F)cc2)c2ccccc12. The van der Waals surface area contributed by atoms with E-state index in [-0.39, 0.29) is 19.0 Å². The zero-order valence-corrected chi connectivity index (χ0v) is 13.6. The normalized spacial score (nSPS) is 10.6. The van der Waals surface area contributed by atoms with Crippen LogP contribution in [0.2, 0.25) is 0 Å². The fourth-order valence-corrected chi connectivity index (χ4v) is 2.58. The Morgan fingerprint density at radius 2 is 1.80 bits per heavy atom. The number of fused-ring (bicyclic) bond motifs is 1. The Morgan fingerprint density at radius 3 is 2.52 bits per heavy atom. The fourth-order valence-electron chi connectivity index (χ4n) is 2.58. The number of methoxy groups -OCH3 is 1. The zero-order chi connectivity index (χ0) is 17.8. The third-order valence-corrected chi connectivity index (χ3v) is 3.81. The van der Waals surface area contributed by atoms with Gasteiger partial charge in [0.05, 0.1) is 12.7 Å². The minimum atomic E-state index is -0.463. The fraction of sp³-hybridized carbons (Fsp3) is 0.158. The summed E-state index contributed by atoms with van der Waals surface area (Å²) in [5.41, 5.74) is 1.83. The van der Waals surface area contributed by atoms with Crippen molar-refractivity contribution in [3.63, 3.8) is 0 Å². The van der Waals surface area contributed by atoms with Crippen LogP contribution in [-0.4, -0.2) is 23.6 Å². The Labute approximate surface area is 143 Å². The van der Waals surface area contributed by atoms with E-state index >= 15 is 0 Å². The number of rotatable bonds is 5. The highest BCUT2D eigenvalue weighted by Gasteiger charge is 2.17. The molecule has 1 heterocycles. The molecule has 0 saturated heterocycles. The number of hydrogen-bond acceptors (Lipinski definition) is 4. The molecule has 0 spiro atoms. The van der Waals surface area contributed by atoms with E-state index in [4.69, 9.17) is 9.47 Å². The summed E-state index contributed by atoms with van der Waals surface area (Å²) in [5.74, 6) is -1.26. The van der Waals surface area contributed by atoms with Crippen LogP contribution in [0.15, 0.2) is 54.7 Å². The summed E-state index contributed by atoms with van der Waals surface area (Å²) in [6, 6.07) is 13.0. The number of aromatic nitrogens is 1. The van der Waals surface area contributed by atoms with Gasteiger partial charge in [0.2, 0.25) is 0 Å². The van der Waals surface area contributed by atoms with Gasteiger partial charge in [-0.2, -0.15) is 0 Å². The van der Waals surface area contributed by atoms with Gasteiger partial charge in [0, 0.05) is 17.1 Å². The van der Waals surface area contributed by atoms with E-state index in [0.717, 1.165) is 5.52 Å². The average Bonchev–Trinajstić information content (AvgIpc) is 2.99. The van der Waals surface area contributed by atoms with Crippen molar-refractivity contribution in [3.05, 3.63) is 71.7 Å². The predicted molar refractivity (Wildman–Crippen MR) is 89.5 cm³/mol. The van der Waals surface area contributed by atoms with Gasteiger partial charge in [0.15, 0.2) is 0 Å². The zero-order valence-electron chi connectivity index (χ0n) is 13.6. The molecule has 128 valence electrons. The highest BCUT2D eigenvalue weighted by Crippen LogP contribution is 2.22. The van der Waals surface area contributed by atoms with Gasteiger partial charge >= 0.3 is 11.9 Å². The van der Waals surface area contributed by atoms with Crippen LogP contribution in [-0.2, 0) is 27.4 Å². The van der Waals surface area contributed by atoms with Crippen molar-refractivity contribution >= 4 is 22.8 Å². The van der Waals surface area contributed by atoms with Crippen LogP contribution in [0.4, 0.5) is 4.39 Å². The summed E-state index contributed by atoms with van der Waals surface area (Å²) in [7, 11) is 1.31. The number of carbonyl (C=O) groups excluding carboxylic acids is 2. The van der Waals surface area contributed by atoms with E-state index in [0.29, 0.717) is 16.5 Å². The summed E-state index contributed by atoms with van der Waals surface area (Å²) in [5, 5.41) is 0.709. The number of esters is 2. The number of ether oxygens (including phenoxy) is 2. The molecule has 0 unspecified atom stereocenters. The Hall–Kier alpha value is -3.15. The second kappa shape index (κ2) is 7.17. The number of nitrogens with zero attached hydrogens (tertiary/aromatic N) is 1. The maximum atomic E-state index is 12.9. The first-order valence-corrected chi connectivity index (χ1v) is 7.64. The smallest absolute Gasteiger partial charge is 0.340 e. The second-order valence-electron chi connectivity index (χ2n) is 5.47. The molecule has 0 N–H and O–H groups in total. The average molecular weight is 341 g/mol. The molecule has 3 rings (SSSR count). The maximum absolute atomic E-state index is 12.9. The summed E-state index contributed by atoms with van der Waals surface area (Å²) in [6.07, 6.45) is 1.58. The number of para-hydroxylation sites is 1. The molecule has 0 atom stereocenters. The molecule has 25 heavy (non-hydrogen) atoms. The number of benzene rings is 2. The van der Waals surface area contributed by atoms with Crippen LogP contribution in [0, 0.1) is 5.82 Å². The molecule has 0 aliphatic heterocycles. The lowest BCUT2D eigenvalue weighted by Gasteiger charge is -2.07. The van der Waals surface area contributed by atoms with Gasteiger partial charge in [-0.05, 0) is 23.8 Å². The molecule has 0 fully saturated rings. The van der Waals surface area contributed by atoms with E-state index in [1.165, 1.54) is 19.2 Å². The Morgan fingerprint density at radius 1 is 1.08 bits per heavy atom. The molecule has 1 aromatic heterocycles. The lowest BCUT2D eigenvalue weighted by molar-refractivity contribution is -0.145. The molecule has 0 amide bonds. The van der Waals surface area contributed by atoms with Crippen molar-refractivity contribution in [2.75, 3.05) is 7.11 Å². The van der Waals surface area contributed by atoms with E-state index in [1.54, 1.807) is 29.0 Å². The van der Waals surface area contributed by atoms with Crippen molar-refractivity contribution < 1.29 is 23.5 Å². The van der Waals surface area contributed by atoms with Gasteiger partial charge in [-0.25, -0.2) is 9.18 Å². The van der Waals surface area contributed by atoms with Crippen LogP contribution >= 0.6 is 0 Å². The van der Waals surface area contributed by atoms with Gasteiger partial charge in [-0.15, -0.1) is 0 Å². The van der Waals surface area contributed by atoms with Gasteiger partial charge in [-0.3, -0.25) is 4.79 Å². The largest absolute Gasteiger partial charge is 0.465 e. The van der Waals surface area contributed by atoms with Gasteiger partial charge in [0.1, 0.15) is 19.0 Å². The third-order valence-electron chi connectivity index (χ3n) is 3.81. The predicted octanol–water partition coefficient (Wildman–Crippen LogP) is 3.31. The summed E-state index contributed by atoms with van der Waals surface area (Å²) in [6.45, 7) is 0.0148. The standard InChI is InChI=1S/C19H16FNO4/c1-24-19(23)16-10-21(17-5-3-2-4-15(16)17)11-18(22)25-12-13-6-8-14(20)9-7-13/h2-10H,11-12H2,1H3. The van der Waals surface area contributed by atoms with Crippen molar-refractivity contribution in [1.29, 1.82) is 0 Å². The minimum absolute atomic E-state index is 0.0430. The number of hydrogen-bond donors (Lipinski definition) is 0. The monoisotopic (exact) mass is 341 g/mol. The highest BCUT2D eigenvalue weighted by atomic mass is 19.1. The van der Waals surface area contributed by atoms with E-state index in [9.17, 15) is 14.0 Å². The first-order valence-electron chi connectivity index (χ1n) is 7.64. The molecular weight excluding hydrogens is 325 g/mol. The van der Waals surface area contributed by atoms with Gasteiger partial charge in [0.25, 0.3) is 0 Å². The van der Waals surface area contributed by atoms with Gasteiger partial charge < -0.3 is 14.0 Å². The Bertz CT molecular complexity index is 915. The van der Waals surface area contributed by atoms with Crippen molar-refractivity contribution in [2.45, 2.75) is 13.2 Å². The molecule has 0 saturated carbocycles. The minimum Gasteiger partial charge on any atom is -0.465 e. The van der Waals surface area contributed by atoms with Gasteiger partial charge in [-0.1, -0.05) is 30.3 Å². The first-order chi connectivity index (χ1) is 12.1. The van der Waals surface area contributed by atoms with E-state index < -0.39 is 11.9 Å². The molecule has 2 aromatic carbocycles. The van der Waals surface area contributed by atoms with Crippen molar-refractivity contribution in [1.82, 2.24) is 4.57 Å². The molecule has 0 radical (unpaired) electrons. The molecule has 0 bridgehead atoms. The molecule has 6 heteroatoms.